The van der Waals surface area contributed by atoms with Gasteiger partial charge < -0.3 is 14.9 Å². The topological polar surface area (TPSA) is 60.9 Å². The molecule has 1 aliphatic heterocycles. The van der Waals surface area contributed by atoms with Crippen molar-refractivity contribution in [3.63, 3.8) is 0 Å². The molecule has 0 aliphatic carbocycles. The summed E-state index contributed by atoms with van der Waals surface area (Å²) >= 11 is 0. The number of carbonyl (C=O) groups is 2. The van der Waals surface area contributed by atoms with Crippen molar-refractivity contribution in [3.05, 3.63) is 59.7 Å². The molecule has 130 valence electrons. The number of hydrogen-bond donors (Lipinski definition) is 1. The Labute approximate surface area is 147 Å². The van der Waals surface area contributed by atoms with Crippen molar-refractivity contribution in [2.75, 3.05) is 18.0 Å². The first-order valence-corrected chi connectivity index (χ1v) is 8.39. The number of aryl methyl sites for hydroxylation is 1. The number of carbonyl (C=O) groups excluding carboxylic acids is 2. The fourth-order valence-electron chi connectivity index (χ4n) is 3.16. The van der Waals surface area contributed by atoms with Crippen LogP contribution in [0.2, 0.25) is 0 Å². The van der Waals surface area contributed by atoms with Crippen LogP contribution in [0.4, 0.5) is 5.69 Å². The van der Waals surface area contributed by atoms with E-state index in [4.69, 9.17) is 0 Å². The number of rotatable bonds is 3. The van der Waals surface area contributed by atoms with Crippen LogP contribution in [0.15, 0.2) is 48.5 Å². The van der Waals surface area contributed by atoms with Gasteiger partial charge in [0.2, 0.25) is 11.8 Å². The van der Waals surface area contributed by atoms with Gasteiger partial charge >= 0.3 is 0 Å². The van der Waals surface area contributed by atoms with Crippen LogP contribution in [-0.4, -0.2) is 41.0 Å². The van der Waals surface area contributed by atoms with Gasteiger partial charge in [-0.15, -0.1) is 0 Å². The van der Waals surface area contributed by atoms with Crippen molar-refractivity contribution in [1.82, 2.24) is 4.90 Å². The van der Waals surface area contributed by atoms with E-state index in [2.05, 4.69) is 0 Å². The Morgan fingerprint density at radius 1 is 1.20 bits per heavy atom. The molecule has 5 heteroatoms. The summed E-state index contributed by atoms with van der Waals surface area (Å²) in [5, 5.41) is 9.85. The molecule has 25 heavy (non-hydrogen) atoms. The molecular weight excluding hydrogens is 316 g/mol. The molecule has 0 saturated carbocycles. The Bertz CT molecular complexity index is 803. The highest BCUT2D eigenvalue weighted by Gasteiger charge is 2.33. The van der Waals surface area contributed by atoms with E-state index < -0.39 is 0 Å². The van der Waals surface area contributed by atoms with E-state index in [0.717, 1.165) is 11.3 Å². The number of piperazine rings is 1. The Balaban J connectivity index is 1.73. The minimum absolute atomic E-state index is 0.0571. The lowest BCUT2D eigenvalue weighted by molar-refractivity contribution is -0.138. The first-order valence-electron chi connectivity index (χ1n) is 8.39. The fourth-order valence-corrected chi connectivity index (χ4v) is 3.16. The predicted molar refractivity (Wildman–Crippen MR) is 96.5 cm³/mol. The average Bonchev–Trinajstić information content (AvgIpc) is 2.58. The molecule has 1 heterocycles. The van der Waals surface area contributed by atoms with E-state index in [1.54, 1.807) is 34.1 Å². The van der Waals surface area contributed by atoms with Crippen molar-refractivity contribution < 1.29 is 14.7 Å². The smallest absolute Gasteiger partial charge is 0.246 e. The van der Waals surface area contributed by atoms with Crippen molar-refractivity contribution in [3.8, 4) is 5.75 Å². The number of amides is 2. The molecule has 0 bridgehead atoms. The maximum Gasteiger partial charge on any atom is 0.246 e. The van der Waals surface area contributed by atoms with E-state index in [1.807, 2.05) is 38.1 Å². The summed E-state index contributed by atoms with van der Waals surface area (Å²) in [6.45, 7) is 4.46. The summed E-state index contributed by atoms with van der Waals surface area (Å²) in [6.07, 6.45) is 0.0920. The largest absolute Gasteiger partial charge is 0.508 e. The molecule has 1 aliphatic rings. The molecule has 0 spiro atoms. The number of aromatic hydroxyl groups is 1. The lowest BCUT2D eigenvalue weighted by Gasteiger charge is -2.39. The number of anilines is 1. The van der Waals surface area contributed by atoms with E-state index >= 15 is 0 Å². The number of para-hydroxylation sites is 1. The van der Waals surface area contributed by atoms with Crippen LogP contribution in [-0.2, 0) is 16.0 Å². The zero-order valence-electron chi connectivity index (χ0n) is 14.5. The zero-order valence-corrected chi connectivity index (χ0v) is 14.5. The maximum absolute atomic E-state index is 12.6. The second-order valence-corrected chi connectivity index (χ2v) is 6.52. The first kappa shape index (κ1) is 17.0. The van der Waals surface area contributed by atoms with E-state index in [1.165, 1.54) is 0 Å². The molecule has 2 aromatic rings. The number of nitrogens with zero attached hydrogens (tertiary/aromatic N) is 2. The maximum atomic E-state index is 12.6. The van der Waals surface area contributed by atoms with Gasteiger partial charge in [0.1, 0.15) is 12.3 Å². The Morgan fingerprint density at radius 3 is 2.68 bits per heavy atom. The van der Waals surface area contributed by atoms with Crippen LogP contribution in [0.3, 0.4) is 0 Å². The molecule has 1 fully saturated rings. The Hall–Kier alpha value is -2.82. The van der Waals surface area contributed by atoms with Crippen molar-refractivity contribution in [2.24, 2.45) is 0 Å². The summed E-state index contributed by atoms with van der Waals surface area (Å²) in [4.78, 5) is 28.5. The van der Waals surface area contributed by atoms with Crippen molar-refractivity contribution >= 4 is 17.5 Å². The van der Waals surface area contributed by atoms with Gasteiger partial charge in [-0.25, -0.2) is 0 Å². The fraction of sp³-hybridized carbons (Fsp3) is 0.300. The molecule has 3 rings (SSSR count). The molecule has 1 saturated heterocycles. The molecule has 0 radical (unpaired) electrons. The standard InChI is InChI=1S/C20H22N2O3/c1-14-6-5-8-17(10-14)22-12-15(2)21(13-20(22)25)19(24)11-16-7-3-4-9-18(16)23/h3-10,15,23H,11-13H2,1-2H3/t15-/m1/s1. The van der Waals surface area contributed by atoms with Gasteiger partial charge in [-0.3, -0.25) is 9.59 Å². The summed E-state index contributed by atoms with van der Waals surface area (Å²) in [5.74, 6) is -0.131. The van der Waals surface area contributed by atoms with Crippen LogP contribution in [0.25, 0.3) is 0 Å². The van der Waals surface area contributed by atoms with E-state index in [0.29, 0.717) is 12.1 Å². The highest BCUT2D eigenvalue weighted by molar-refractivity contribution is 5.98. The van der Waals surface area contributed by atoms with Crippen LogP contribution in [0.5, 0.6) is 5.75 Å². The molecule has 2 aromatic carbocycles. The van der Waals surface area contributed by atoms with Gasteiger partial charge in [0.25, 0.3) is 0 Å². The summed E-state index contributed by atoms with van der Waals surface area (Å²) in [6, 6.07) is 14.5. The number of benzene rings is 2. The lowest BCUT2D eigenvalue weighted by Crippen LogP contribution is -2.57. The normalized spacial score (nSPS) is 17.7. The van der Waals surface area contributed by atoms with Gasteiger partial charge in [0, 0.05) is 23.8 Å². The van der Waals surface area contributed by atoms with Gasteiger partial charge in [0.15, 0.2) is 0 Å². The molecule has 2 amide bonds. The van der Waals surface area contributed by atoms with Gasteiger partial charge in [-0.1, -0.05) is 30.3 Å². The van der Waals surface area contributed by atoms with Gasteiger partial charge in [-0.05, 0) is 37.6 Å². The highest BCUT2D eigenvalue weighted by atomic mass is 16.3. The summed E-state index contributed by atoms with van der Waals surface area (Å²) < 4.78 is 0. The Morgan fingerprint density at radius 2 is 1.96 bits per heavy atom. The van der Waals surface area contributed by atoms with Gasteiger partial charge in [0.05, 0.1) is 6.42 Å². The number of phenols is 1. The van der Waals surface area contributed by atoms with Crippen molar-refractivity contribution in [2.45, 2.75) is 26.3 Å². The monoisotopic (exact) mass is 338 g/mol. The molecule has 1 N–H and O–H groups in total. The van der Waals surface area contributed by atoms with Crippen LogP contribution < -0.4 is 4.90 Å². The number of phenolic OH excluding ortho intramolecular Hbond substituents is 1. The van der Waals surface area contributed by atoms with E-state index in [-0.39, 0.29) is 36.6 Å². The van der Waals surface area contributed by atoms with Crippen LogP contribution in [0.1, 0.15) is 18.1 Å². The zero-order chi connectivity index (χ0) is 18.0. The third-order valence-corrected chi connectivity index (χ3v) is 4.55. The third-order valence-electron chi connectivity index (χ3n) is 4.55. The van der Waals surface area contributed by atoms with Crippen molar-refractivity contribution in [1.29, 1.82) is 0 Å². The SMILES string of the molecule is Cc1cccc(N2C[C@@H](C)N(C(=O)Cc3ccccc3O)CC2=O)c1. The molecule has 0 aromatic heterocycles. The van der Waals surface area contributed by atoms with Gasteiger partial charge in [-0.2, -0.15) is 0 Å². The minimum atomic E-state index is -0.147. The Kier molecular flexibility index (Phi) is 4.74. The van der Waals surface area contributed by atoms with Crippen LogP contribution in [0, 0.1) is 6.92 Å². The second kappa shape index (κ2) is 6.97. The molecular formula is C20H22N2O3. The lowest BCUT2D eigenvalue weighted by atomic mass is 10.1. The third kappa shape index (κ3) is 3.65. The quantitative estimate of drug-likeness (QED) is 0.935. The van der Waals surface area contributed by atoms with E-state index in [9.17, 15) is 14.7 Å². The first-order chi connectivity index (χ1) is 12.0. The van der Waals surface area contributed by atoms with Crippen LogP contribution >= 0.6 is 0 Å². The number of hydrogen-bond acceptors (Lipinski definition) is 3. The molecule has 0 unspecified atom stereocenters. The minimum Gasteiger partial charge on any atom is -0.508 e. The molecule has 1 atom stereocenters. The predicted octanol–water partition coefficient (Wildman–Crippen LogP) is 2.51. The average molecular weight is 338 g/mol. The highest BCUT2D eigenvalue weighted by Crippen LogP contribution is 2.23. The summed E-state index contributed by atoms with van der Waals surface area (Å²) in [5.41, 5.74) is 2.54. The summed E-state index contributed by atoms with van der Waals surface area (Å²) in [7, 11) is 0. The second-order valence-electron chi connectivity index (χ2n) is 6.52. The molecule has 5 nitrogen and oxygen atoms in total.